The Morgan fingerprint density at radius 2 is 2.11 bits per heavy atom. The summed E-state index contributed by atoms with van der Waals surface area (Å²) in [5.74, 6) is 0. The minimum atomic E-state index is -0.398. The first-order valence-electron chi connectivity index (χ1n) is 6.16. The third-order valence-corrected chi connectivity index (χ3v) is 3.77. The molecule has 1 saturated carbocycles. The van der Waals surface area contributed by atoms with E-state index < -0.39 is 4.92 Å². The zero-order valence-electron chi connectivity index (χ0n) is 10.7. The second kappa shape index (κ2) is 6.45. The molecule has 1 aromatic carbocycles. The highest BCUT2D eigenvalue weighted by Crippen LogP contribution is 2.26. The zero-order valence-corrected chi connectivity index (χ0v) is 12.3. The van der Waals surface area contributed by atoms with Gasteiger partial charge in [-0.15, -0.1) is 0 Å². The van der Waals surface area contributed by atoms with Crippen molar-refractivity contribution in [3.05, 3.63) is 38.3 Å². The second-order valence-electron chi connectivity index (χ2n) is 4.68. The molecule has 0 saturated heterocycles. The van der Waals surface area contributed by atoms with E-state index in [0.29, 0.717) is 11.1 Å². The average molecular weight is 330 g/mol. The Labute approximate surface area is 120 Å². The lowest BCUT2D eigenvalue weighted by Gasteiger charge is -2.12. The van der Waals surface area contributed by atoms with Crippen LogP contribution < -0.4 is 0 Å². The van der Waals surface area contributed by atoms with Crippen LogP contribution in [0.3, 0.4) is 0 Å². The Morgan fingerprint density at radius 1 is 1.37 bits per heavy atom. The molecule has 0 aliphatic heterocycles. The maximum atomic E-state index is 10.8. The molecule has 5 nitrogen and oxygen atoms in total. The zero-order chi connectivity index (χ0) is 13.8. The molecule has 0 aromatic heterocycles. The first kappa shape index (κ1) is 14.4. The van der Waals surface area contributed by atoms with Gasteiger partial charge in [-0.25, -0.2) is 0 Å². The summed E-state index contributed by atoms with van der Waals surface area (Å²) in [6, 6.07) is 4.88. The molecule has 19 heavy (non-hydrogen) atoms. The van der Waals surface area contributed by atoms with Gasteiger partial charge in [0.05, 0.1) is 23.7 Å². The summed E-state index contributed by atoms with van der Waals surface area (Å²) in [4.78, 5) is 10.4. The number of methoxy groups -OCH3 is 1. The number of hydrogen-bond acceptors (Lipinski definition) is 4. The van der Waals surface area contributed by atoms with Crippen molar-refractivity contribution in [1.29, 1.82) is 0 Å². The molecule has 2 rings (SSSR count). The molecule has 0 bridgehead atoms. The van der Waals surface area contributed by atoms with Crippen LogP contribution in [0.25, 0.3) is 0 Å². The van der Waals surface area contributed by atoms with E-state index in [0.717, 1.165) is 24.8 Å². The van der Waals surface area contributed by atoms with Crippen molar-refractivity contribution in [2.24, 2.45) is 0 Å². The first-order valence-corrected chi connectivity index (χ1v) is 6.96. The fourth-order valence-corrected chi connectivity index (χ4v) is 2.83. The van der Waals surface area contributed by atoms with Gasteiger partial charge in [0.1, 0.15) is 0 Å². The number of nitrogens with zero attached hydrogens (tertiary/aromatic N) is 1. The van der Waals surface area contributed by atoms with Crippen molar-refractivity contribution < 1.29 is 14.4 Å². The molecule has 2 unspecified atom stereocenters. The van der Waals surface area contributed by atoms with Gasteiger partial charge in [-0.2, -0.15) is 0 Å². The fraction of sp³-hybridized carbons (Fsp3) is 0.538. The van der Waals surface area contributed by atoms with Gasteiger partial charge in [-0.3, -0.25) is 10.1 Å². The molecule has 1 aliphatic carbocycles. The molecule has 1 aromatic rings. The van der Waals surface area contributed by atoms with Crippen LogP contribution in [0.15, 0.2) is 22.7 Å². The summed E-state index contributed by atoms with van der Waals surface area (Å²) in [7, 11) is 1.71. The fourth-order valence-electron chi connectivity index (χ4n) is 2.30. The lowest BCUT2D eigenvalue weighted by atomic mass is 10.2. The summed E-state index contributed by atoms with van der Waals surface area (Å²) >= 11 is 3.28. The Hall–Kier alpha value is -0.980. The van der Waals surface area contributed by atoms with Crippen molar-refractivity contribution in [2.45, 2.75) is 38.1 Å². The number of rotatable bonds is 5. The lowest BCUT2D eigenvalue weighted by molar-refractivity contribution is -0.385. The predicted octanol–water partition coefficient (Wildman–Crippen LogP) is 3.44. The maximum absolute atomic E-state index is 10.8. The molecule has 1 fully saturated rings. The van der Waals surface area contributed by atoms with Crippen LogP contribution in [-0.2, 0) is 16.1 Å². The molecule has 2 atom stereocenters. The molecule has 0 radical (unpaired) electrons. The van der Waals surface area contributed by atoms with Crippen LogP contribution in [0.1, 0.15) is 24.8 Å². The molecule has 6 heteroatoms. The molecule has 0 N–H and O–H groups in total. The SMILES string of the molecule is COC1CCC(OCc2cc(Br)cc([N+](=O)[O-])c2)C1. The van der Waals surface area contributed by atoms with Crippen LogP contribution >= 0.6 is 15.9 Å². The molecule has 0 amide bonds. The summed E-state index contributed by atoms with van der Waals surface area (Å²) in [6.07, 6.45) is 3.35. The van der Waals surface area contributed by atoms with Gasteiger partial charge in [0.15, 0.2) is 0 Å². The Bertz CT molecular complexity index is 466. The van der Waals surface area contributed by atoms with Gasteiger partial charge < -0.3 is 9.47 Å². The lowest BCUT2D eigenvalue weighted by Crippen LogP contribution is -2.11. The number of ether oxygens (including phenoxy) is 2. The normalized spacial score (nSPS) is 22.6. The minimum absolute atomic E-state index is 0.0779. The van der Waals surface area contributed by atoms with Crippen molar-refractivity contribution in [1.82, 2.24) is 0 Å². The number of nitro groups is 1. The Kier molecular flexibility index (Phi) is 4.90. The molecule has 104 valence electrons. The Balaban J connectivity index is 1.94. The largest absolute Gasteiger partial charge is 0.381 e. The molecule has 0 spiro atoms. The molecule has 1 aliphatic rings. The molecular weight excluding hydrogens is 314 g/mol. The van der Waals surface area contributed by atoms with Crippen molar-refractivity contribution in [3.8, 4) is 0 Å². The second-order valence-corrected chi connectivity index (χ2v) is 5.59. The number of non-ortho nitro benzene ring substituents is 1. The van der Waals surface area contributed by atoms with E-state index in [9.17, 15) is 10.1 Å². The van der Waals surface area contributed by atoms with E-state index in [4.69, 9.17) is 9.47 Å². The molecular formula is C13H16BrNO4. The van der Waals surface area contributed by atoms with Gasteiger partial charge in [0.25, 0.3) is 5.69 Å². The van der Waals surface area contributed by atoms with Crippen molar-refractivity contribution in [3.63, 3.8) is 0 Å². The number of hydrogen-bond donors (Lipinski definition) is 0. The number of benzene rings is 1. The van der Waals surface area contributed by atoms with Crippen molar-refractivity contribution in [2.75, 3.05) is 7.11 Å². The topological polar surface area (TPSA) is 61.6 Å². The van der Waals surface area contributed by atoms with Gasteiger partial charge >= 0.3 is 0 Å². The smallest absolute Gasteiger partial charge is 0.270 e. The van der Waals surface area contributed by atoms with E-state index >= 15 is 0 Å². The van der Waals surface area contributed by atoms with E-state index in [2.05, 4.69) is 15.9 Å². The van der Waals surface area contributed by atoms with Crippen LogP contribution in [0.4, 0.5) is 5.69 Å². The van der Waals surface area contributed by atoms with Gasteiger partial charge in [-0.1, -0.05) is 15.9 Å². The van der Waals surface area contributed by atoms with Crippen LogP contribution in [-0.4, -0.2) is 24.2 Å². The Morgan fingerprint density at radius 3 is 2.74 bits per heavy atom. The van der Waals surface area contributed by atoms with E-state index in [1.165, 1.54) is 6.07 Å². The average Bonchev–Trinajstić information content (AvgIpc) is 2.83. The minimum Gasteiger partial charge on any atom is -0.381 e. The van der Waals surface area contributed by atoms with E-state index in [-0.39, 0.29) is 17.9 Å². The van der Waals surface area contributed by atoms with Crippen LogP contribution in [0, 0.1) is 10.1 Å². The number of halogens is 1. The van der Waals surface area contributed by atoms with E-state index in [1.807, 2.05) is 6.07 Å². The quantitative estimate of drug-likeness (QED) is 0.613. The highest BCUT2D eigenvalue weighted by molar-refractivity contribution is 9.10. The van der Waals surface area contributed by atoms with Gasteiger partial charge in [-0.05, 0) is 30.9 Å². The highest BCUT2D eigenvalue weighted by atomic mass is 79.9. The van der Waals surface area contributed by atoms with Gasteiger partial charge in [0, 0.05) is 23.7 Å². The van der Waals surface area contributed by atoms with E-state index in [1.54, 1.807) is 13.2 Å². The third-order valence-electron chi connectivity index (χ3n) is 3.31. The monoisotopic (exact) mass is 329 g/mol. The summed E-state index contributed by atoms with van der Waals surface area (Å²) in [5, 5.41) is 10.8. The first-order chi connectivity index (χ1) is 9.08. The van der Waals surface area contributed by atoms with Gasteiger partial charge in [0.2, 0.25) is 0 Å². The summed E-state index contributed by atoms with van der Waals surface area (Å²) in [5.41, 5.74) is 0.885. The third kappa shape index (κ3) is 3.99. The van der Waals surface area contributed by atoms with Crippen molar-refractivity contribution >= 4 is 21.6 Å². The molecule has 0 heterocycles. The number of nitro benzene ring substituents is 1. The standard InChI is InChI=1S/C13H16BrNO4/c1-18-12-2-3-13(7-12)19-8-9-4-10(14)6-11(5-9)15(16)17/h4-6,12-13H,2-3,7-8H2,1H3. The van der Waals surface area contributed by atoms with Crippen LogP contribution in [0.2, 0.25) is 0 Å². The highest BCUT2D eigenvalue weighted by Gasteiger charge is 2.25. The predicted molar refractivity (Wildman–Crippen MR) is 74.0 cm³/mol. The summed E-state index contributed by atoms with van der Waals surface area (Å²) in [6.45, 7) is 0.390. The summed E-state index contributed by atoms with van der Waals surface area (Å²) < 4.78 is 11.8. The van der Waals surface area contributed by atoms with Crippen LogP contribution in [0.5, 0.6) is 0 Å². The maximum Gasteiger partial charge on any atom is 0.270 e.